The predicted octanol–water partition coefficient (Wildman–Crippen LogP) is 3.69. The highest BCUT2D eigenvalue weighted by Gasteiger charge is 2.41. The third kappa shape index (κ3) is 1.52. The van der Waals surface area contributed by atoms with Gasteiger partial charge in [-0.15, -0.1) is 11.3 Å². The minimum Gasteiger partial charge on any atom is -0.327 e. The summed E-state index contributed by atoms with van der Waals surface area (Å²) in [6.45, 7) is 0.418. The van der Waals surface area contributed by atoms with E-state index in [1.165, 1.54) is 11.3 Å². The van der Waals surface area contributed by atoms with Crippen molar-refractivity contribution in [2.75, 3.05) is 0 Å². The van der Waals surface area contributed by atoms with Gasteiger partial charge in [0.15, 0.2) is 5.78 Å². The summed E-state index contributed by atoms with van der Waals surface area (Å²) < 4.78 is 0.609. The second kappa shape index (κ2) is 4.17. The summed E-state index contributed by atoms with van der Waals surface area (Å²) in [7, 11) is 0. The molecule has 1 unspecified atom stereocenters. The van der Waals surface area contributed by atoms with Gasteiger partial charge in [-0.25, -0.2) is 0 Å². The molecular formula is C15H10ClNO2S. The normalized spacial score (nSPS) is 20.4. The van der Waals surface area contributed by atoms with E-state index in [1.54, 1.807) is 10.3 Å². The Morgan fingerprint density at radius 3 is 2.85 bits per heavy atom. The fraction of sp³-hybridized carbons (Fsp3) is 0.200. The number of nitrogens with zero attached hydrogens (tertiary/aromatic N) is 1. The first-order chi connectivity index (χ1) is 9.66. The number of halogens is 1. The lowest BCUT2D eigenvalue weighted by Gasteiger charge is -2.22. The molecule has 0 radical (unpaired) electrons. The van der Waals surface area contributed by atoms with Gasteiger partial charge in [0.1, 0.15) is 0 Å². The number of Topliss-reactive ketones (excluding diaryl/α,β-unsaturated/α-hetero) is 1. The van der Waals surface area contributed by atoms with Gasteiger partial charge in [-0.3, -0.25) is 9.59 Å². The van der Waals surface area contributed by atoms with Gasteiger partial charge >= 0.3 is 0 Å². The molecular weight excluding hydrogens is 294 g/mol. The Hall–Kier alpha value is -1.65. The van der Waals surface area contributed by atoms with Crippen molar-refractivity contribution < 1.29 is 9.59 Å². The Morgan fingerprint density at radius 1 is 1.20 bits per heavy atom. The fourth-order valence-corrected chi connectivity index (χ4v) is 4.15. The summed E-state index contributed by atoms with van der Waals surface area (Å²) in [5.74, 6) is 0.0636. The number of fused-ring (bicyclic) bond motifs is 4. The minimum atomic E-state index is -0.153. The van der Waals surface area contributed by atoms with E-state index in [0.29, 0.717) is 28.4 Å². The zero-order valence-corrected chi connectivity index (χ0v) is 12.0. The summed E-state index contributed by atoms with van der Waals surface area (Å²) in [4.78, 5) is 26.7. The third-order valence-electron chi connectivity index (χ3n) is 4.04. The van der Waals surface area contributed by atoms with Crippen molar-refractivity contribution >= 4 is 34.6 Å². The number of amides is 1. The van der Waals surface area contributed by atoms with Crippen LogP contribution in [0.15, 0.2) is 29.6 Å². The van der Waals surface area contributed by atoms with E-state index in [1.807, 2.05) is 24.3 Å². The maximum Gasteiger partial charge on any atom is 0.255 e. The molecule has 20 heavy (non-hydrogen) atoms. The second-order valence-corrected chi connectivity index (χ2v) is 6.55. The molecule has 0 spiro atoms. The average molecular weight is 304 g/mol. The standard InChI is InChI=1S/C15H10ClNO2S/c16-14-10-6-17-12(5-13(18)11(10)7-20-14)8-3-1-2-4-9(8)15(17)19/h1-4,7,12H,5-6H2. The van der Waals surface area contributed by atoms with Crippen LogP contribution < -0.4 is 0 Å². The van der Waals surface area contributed by atoms with Gasteiger partial charge in [0.25, 0.3) is 5.91 Å². The number of ketones is 1. The lowest BCUT2D eigenvalue weighted by atomic mass is 9.99. The van der Waals surface area contributed by atoms with Gasteiger partial charge in [0.05, 0.1) is 10.4 Å². The van der Waals surface area contributed by atoms with E-state index in [-0.39, 0.29) is 17.7 Å². The van der Waals surface area contributed by atoms with E-state index in [2.05, 4.69) is 0 Å². The molecule has 0 saturated carbocycles. The molecule has 1 aromatic heterocycles. The molecule has 0 N–H and O–H groups in total. The molecule has 0 bridgehead atoms. The summed E-state index contributed by atoms with van der Waals surface area (Å²) in [6, 6.07) is 7.37. The number of carbonyl (C=O) groups excluding carboxylic acids is 2. The van der Waals surface area contributed by atoms with Crippen LogP contribution in [0.2, 0.25) is 4.34 Å². The zero-order valence-electron chi connectivity index (χ0n) is 10.4. The van der Waals surface area contributed by atoms with Crippen molar-refractivity contribution in [1.82, 2.24) is 4.90 Å². The lowest BCUT2D eigenvalue weighted by molar-refractivity contribution is 0.0700. The molecule has 3 heterocycles. The van der Waals surface area contributed by atoms with Crippen LogP contribution in [0.1, 0.15) is 44.3 Å². The average Bonchev–Trinajstić information content (AvgIpc) is 2.88. The number of hydrogen-bond donors (Lipinski definition) is 0. The summed E-state index contributed by atoms with van der Waals surface area (Å²) in [5.41, 5.74) is 3.14. The SMILES string of the molecule is O=C1CC2c3ccccc3C(=O)N2Cc2c1csc2Cl. The first-order valence-electron chi connectivity index (χ1n) is 6.36. The minimum absolute atomic E-state index is 0.00600. The molecule has 0 saturated heterocycles. The van der Waals surface area contributed by atoms with Crippen LogP contribution in [0.4, 0.5) is 0 Å². The van der Waals surface area contributed by atoms with Crippen LogP contribution in [0.5, 0.6) is 0 Å². The van der Waals surface area contributed by atoms with Gasteiger partial charge in [0, 0.05) is 35.0 Å². The van der Waals surface area contributed by atoms with Crippen LogP contribution in [-0.2, 0) is 6.54 Å². The van der Waals surface area contributed by atoms with E-state index in [9.17, 15) is 9.59 Å². The molecule has 1 aromatic carbocycles. The van der Waals surface area contributed by atoms with Crippen molar-refractivity contribution in [3.63, 3.8) is 0 Å². The highest BCUT2D eigenvalue weighted by molar-refractivity contribution is 7.14. The molecule has 100 valence electrons. The van der Waals surface area contributed by atoms with Gasteiger partial charge in [-0.1, -0.05) is 29.8 Å². The number of rotatable bonds is 0. The summed E-state index contributed by atoms with van der Waals surface area (Å²) >= 11 is 7.53. The second-order valence-electron chi connectivity index (χ2n) is 5.07. The molecule has 4 rings (SSSR count). The topological polar surface area (TPSA) is 37.4 Å². The highest BCUT2D eigenvalue weighted by Crippen LogP contribution is 2.42. The molecule has 2 aromatic rings. The van der Waals surface area contributed by atoms with Crippen LogP contribution in [-0.4, -0.2) is 16.6 Å². The first-order valence-corrected chi connectivity index (χ1v) is 7.61. The molecule has 5 heteroatoms. The van der Waals surface area contributed by atoms with E-state index in [0.717, 1.165) is 11.1 Å². The van der Waals surface area contributed by atoms with Gasteiger partial charge in [-0.05, 0) is 11.6 Å². The summed E-state index contributed by atoms with van der Waals surface area (Å²) in [6.07, 6.45) is 0.336. The van der Waals surface area contributed by atoms with E-state index in [4.69, 9.17) is 11.6 Å². The Labute approximate surface area is 124 Å². The van der Waals surface area contributed by atoms with Crippen LogP contribution >= 0.6 is 22.9 Å². The first kappa shape index (κ1) is 12.1. The number of hydrogen-bond acceptors (Lipinski definition) is 3. The molecule has 2 aliphatic heterocycles. The predicted molar refractivity (Wildman–Crippen MR) is 77.3 cm³/mol. The van der Waals surface area contributed by atoms with Crippen molar-refractivity contribution in [1.29, 1.82) is 0 Å². The zero-order chi connectivity index (χ0) is 13.9. The molecule has 1 amide bonds. The van der Waals surface area contributed by atoms with Crippen molar-refractivity contribution in [2.45, 2.75) is 19.0 Å². The Bertz CT molecular complexity index is 752. The van der Waals surface area contributed by atoms with Crippen molar-refractivity contribution in [3.8, 4) is 0 Å². The third-order valence-corrected chi connectivity index (χ3v) is 5.34. The van der Waals surface area contributed by atoms with Crippen molar-refractivity contribution in [2.24, 2.45) is 0 Å². The Balaban J connectivity index is 1.86. The van der Waals surface area contributed by atoms with Crippen LogP contribution in [0.25, 0.3) is 0 Å². The maximum atomic E-state index is 12.5. The number of carbonyl (C=O) groups is 2. The Kier molecular flexibility index (Phi) is 2.53. The monoisotopic (exact) mass is 303 g/mol. The molecule has 0 fully saturated rings. The number of benzene rings is 1. The molecule has 2 aliphatic rings. The molecule has 0 aliphatic carbocycles. The largest absolute Gasteiger partial charge is 0.327 e. The highest BCUT2D eigenvalue weighted by atomic mass is 35.5. The lowest BCUT2D eigenvalue weighted by Crippen LogP contribution is -2.26. The van der Waals surface area contributed by atoms with Gasteiger partial charge < -0.3 is 4.90 Å². The van der Waals surface area contributed by atoms with E-state index >= 15 is 0 Å². The quantitative estimate of drug-likeness (QED) is 0.744. The maximum absolute atomic E-state index is 12.5. The van der Waals surface area contributed by atoms with E-state index < -0.39 is 0 Å². The molecule has 1 atom stereocenters. The fourth-order valence-electron chi connectivity index (χ4n) is 3.04. The number of thiophene rings is 1. The smallest absolute Gasteiger partial charge is 0.255 e. The Morgan fingerprint density at radius 2 is 2.00 bits per heavy atom. The molecule has 3 nitrogen and oxygen atoms in total. The van der Waals surface area contributed by atoms with Gasteiger partial charge in [-0.2, -0.15) is 0 Å². The van der Waals surface area contributed by atoms with Crippen LogP contribution in [0.3, 0.4) is 0 Å². The van der Waals surface area contributed by atoms with Gasteiger partial charge in [0.2, 0.25) is 0 Å². The summed E-state index contributed by atoms with van der Waals surface area (Å²) in [5, 5.41) is 1.80. The van der Waals surface area contributed by atoms with Crippen molar-refractivity contribution in [3.05, 3.63) is 56.2 Å². The van der Waals surface area contributed by atoms with Crippen LogP contribution in [0, 0.1) is 0 Å².